The summed E-state index contributed by atoms with van der Waals surface area (Å²) in [4.78, 5) is 12.6. The van der Waals surface area contributed by atoms with Crippen LogP contribution in [-0.4, -0.2) is 52.0 Å². The molecule has 9 heteroatoms. The van der Waals surface area contributed by atoms with E-state index in [1.807, 2.05) is 0 Å². The van der Waals surface area contributed by atoms with Gasteiger partial charge in [-0.05, 0) is 55.3 Å². The van der Waals surface area contributed by atoms with Crippen LogP contribution in [-0.2, 0) is 10.0 Å². The van der Waals surface area contributed by atoms with E-state index in [0.717, 1.165) is 25.7 Å². The Morgan fingerprint density at radius 1 is 1.06 bits per heavy atom. The number of nitrogens with zero attached hydrogens (tertiary/aromatic N) is 1. The lowest BCUT2D eigenvalue weighted by Crippen LogP contribution is -2.33. The van der Waals surface area contributed by atoms with Gasteiger partial charge in [0, 0.05) is 23.7 Å². The van der Waals surface area contributed by atoms with E-state index in [1.54, 1.807) is 30.3 Å². The third-order valence-corrected chi connectivity index (χ3v) is 7.25. The zero-order valence-corrected chi connectivity index (χ0v) is 19.0. The highest BCUT2D eigenvalue weighted by Crippen LogP contribution is 2.29. The highest BCUT2D eigenvalue weighted by Gasteiger charge is 2.29. The molecular formula is C22H27ClN2O5S. The van der Waals surface area contributed by atoms with Crippen molar-refractivity contribution in [3.05, 3.63) is 53.1 Å². The lowest BCUT2D eigenvalue weighted by molar-refractivity contribution is 0.0946. The molecule has 0 atom stereocenters. The largest absolute Gasteiger partial charge is 0.495 e. The summed E-state index contributed by atoms with van der Waals surface area (Å²) in [7, 11) is -2.33. The Balaban J connectivity index is 1.67. The van der Waals surface area contributed by atoms with Gasteiger partial charge < -0.3 is 14.8 Å². The number of carbonyl (C=O) groups is 1. The van der Waals surface area contributed by atoms with Gasteiger partial charge in [-0.2, -0.15) is 4.31 Å². The Bertz CT molecular complexity index is 987. The number of hydrogen-bond acceptors (Lipinski definition) is 5. The van der Waals surface area contributed by atoms with Gasteiger partial charge in [0.1, 0.15) is 23.0 Å². The summed E-state index contributed by atoms with van der Waals surface area (Å²) in [5.41, 5.74) is 0.251. The highest BCUT2D eigenvalue weighted by atomic mass is 35.5. The maximum absolute atomic E-state index is 13.2. The zero-order chi connectivity index (χ0) is 22.3. The number of benzene rings is 2. The number of sulfonamides is 1. The Morgan fingerprint density at radius 3 is 2.39 bits per heavy atom. The van der Waals surface area contributed by atoms with Crippen LogP contribution in [0.4, 0.5) is 0 Å². The lowest BCUT2D eigenvalue weighted by atomic mass is 10.2. The summed E-state index contributed by atoms with van der Waals surface area (Å²) in [6, 6.07) is 11.4. The van der Waals surface area contributed by atoms with E-state index in [9.17, 15) is 13.2 Å². The van der Waals surface area contributed by atoms with E-state index in [-0.39, 0.29) is 35.3 Å². The van der Waals surface area contributed by atoms with Gasteiger partial charge >= 0.3 is 0 Å². The van der Waals surface area contributed by atoms with Crippen LogP contribution >= 0.6 is 11.6 Å². The third kappa shape index (κ3) is 6.12. The maximum Gasteiger partial charge on any atom is 0.251 e. The topological polar surface area (TPSA) is 84.9 Å². The molecule has 1 aliphatic heterocycles. The van der Waals surface area contributed by atoms with Gasteiger partial charge in [-0.15, -0.1) is 0 Å². The molecule has 0 aromatic heterocycles. The van der Waals surface area contributed by atoms with Crippen LogP contribution in [0.25, 0.3) is 0 Å². The molecular weight excluding hydrogens is 440 g/mol. The van der Waals surface area contributed by atoms with Crippen molar-refractivity contribution < 1.29 is 22.7 Å². The number of carbonyl (C=O) groups excluding carboxylic acids is 1. The smallest absolute Gasteiger partial charge is 0.251 e. The molecule has 0 aliphatic carbocycles. The van der Waals surface area contributed by atoms with Gasteiger partial charge in [0.15, 0.2) is 0 Å². The van der Waals surface area contributed by atoms with Crippen molar-refractivity contribution in [2.75, 3.05) is 33.4 Å². The molecule has 0 radical (unpaired) electrons. The van der Waals surface area contributed by atoms with Crippen LogP contribution in [0.3, 0.4) is 0 Å². The number of amides is 1. The summed E-state index contributed by atoms with van der Waals surface area (Å²) in [5.74, 6) is 0.496. The Hall–Kier alpha value is -2.29. The van der Waals surface area contributed by atoms with Crippen LogP contribution in [0.5, 0.6) is 11.5 Å². The van der Waals surface area contributed by atoms with Gasteiger partial charge in [0.2, 0.25) is 10.0 Å². The molecule has 2 aromatic carbocycles. The van der Waals surface area contributed by atoms with E-state index >= 15 is 0 Å². The van der Waals surface area contributed by atoms with Crippen molar-refractivity contribution in [3.8, 4) is 11.5 Å². The molecule has 31 heavy (non-hydrogen) atoms. The quantitative estimate of drug-likeness (QED) is 0.599. The number of nitrogens with one attached hydrogen (secondary N) is 1. The van der Waals surface area contributed by atoms with Crippen molar-refractivity contribution in [3.63, 3.8) is 0 Å². The minimum Gasteiger partial charge on any atom is -0.495 e. The highest BCUT2D eigenvalue weighted by molar-refractivity contribution is 7.89. The molecule has 1 saturated heterocycles. The Morgan fingerprint density at radius 2 is 1.74 bits per heavy atom. The summed E-state index contributed by atoms with van der Waals surface area (Å²) in [6.07, 6.45) is 3.69. The average molecular weight is 467 g/mol. The van der Waals surface area contributed by atoms with Gasteiger partial charge in [0.05, 0.1) is 13.7 Å². The number of methoxy groups -OCH3 is 1. The fourth-order valence-corrected chi connectivity index (χ4v) is 5.23. The molecule has 1 N–H and O–H groups in total. The number of hydrogen-bond donors (Lipinski definition) is 1. The van der Waals surface area contributed by atoms with E-state index < -0.39 is 10.0 Å². The van der Waals surface area contributed by atoms with Crippen molar-refractivity contribution in [1.82, 2.24) is 9.62 Å². The Kier molecular flexibility index (Phi) is 8.17. The first-order valence-corrected chi connectivity index (χ1v) is 12.1. The normalized spacial score (nSPS) is 15.2. The summed E-state index contributed by atoms with van der Waals surface area (Å²) < 4.78 is 38.8. The molecule has 0 saturated carbocycles. The molecule has 2 aromatic rings. The molecule has 1 aliphatic rings. The number of halogens is 1. The summed E-state index contributed by atoms with van der Waals surface area (Å²) in [5, 5.41) is 3.36. The fraction of sp³-hybridized carbons (Fsp3) is 0.409. The molecule has 168 valence electrons. The first-order chi connectivity index (χ1) is 14.9. The monoisotopic (exact) mass is 466 g/mol. The minimum atomic E-state index is -3.76. The standard InChI is InChI=1S/C22H27ClN2O5S/c1-29-20-11-6-17(16-21(20)31(27,28)25-13-4-2-3-5-14-25)22(26)24-12-15-30-19-9-7-18(23)8-10-19/h6-11,16H,2-5,12-15H2,1H3,(H,24,26). The molecule has 1 heterocycles. The van der Waals surface area contributed by atoms with Crippen molar-refractivity contribution in [1.29, 1.82) is 0 Å². The summed E-state index contributed by atoms with van der Waals surface area (Å²) >= 11 is 5.84. The summed E-state index contributed by atoms with van der Waals surface area (Å²) in [6.45, 7) is 1.48. The SMILES string of the molecule is COc1ccc(C(=O)NCCOc2ccc(Cl)cc2)cc1S(=O)(=O)N1CCCCCC1. The van der Waals surface area contributed by atoms with Crippen molar-refractivity contribution in [2.24, 2.45) is 0 Å². The predicted octanol–water partition coefficient (Wildman–Crippen LogP) is 3.72. The fourth-order valence-electron chi connectivity index (χ4n) is 3.41. The van der Waals surface area contributed by atoms with E-state index in [4.69, 9.17) is 21.1 Å². The van der Waals surface area contributed by atoms with Gasteiger partial charge in [-0.25, -0.2) is 8.42 Å². The second-order valence-corrected chi connectivity index (χ2v) is 9.59. The molecule has 0 bridgehead atoms. The molecule has 0 unspecified atom stereocenters. The van der Waals surface area contributed by atoms with Crippen LogP contribution in [0.2, 0.25) is 5.02 Å². The van der Waals surface area contributed by atoms with Crippen LogP contribution in [0.1, 0.15) is 36.0 Å². The van der Waals surface area contributed by atoms with Crippen LogP contribution in [0.15, 0.2) is 47.4 Å². The van der Waals surface area contributed by atoms with Crippen molar-refractivity contribution in [2.45, 2.75) is 30.6 Å². The van der Waals surface area contributed by atoms with E-state index in [1.165, 1.54) is 23.5 Å². The molecule has 1 amide bonds. The van der Waals surface area contributed by atoms with E-state index in [2.05, 4.69) is 5.32 Å². The third-order valence-electron chi connectivity index (χ3n) is 5.08. The van der Waals surface area contributed by atoms with Gasteiger partial charge in [-0.3, -0.25) is 4.79 Å². The van der Waals surface area contributed by atoms with Crippen molar-refractivity contribution >= 4 is 27.5 Å². The van der Waals surface area contributed by atoms with Gasteiger partial charge in [-0.1, -0.05) is 24.4 Å². The second kappa shape index (κ2) is 10.8. The number of rotatable bonds is 8. The van der Waals surface area contributed by atoms with Crippen LogP contribution < -0.4 is 14.8 Å². The van der Waals surface area contributed by atoms with E-state index in [0.29, 0.717) is 23.9 Å². The molecule has 7 nitrogen and oxygen atoms in total. The maximum atomic E-state index is 13.2. The molecule has 1 fully saturated rings. The van der Waals surface area contributed by atoms with Gasteiger partial charge in [0.25, 0.3) is 5.91 Å². The molecule has 3 rings (SSSR count). The second-order valence-electron chi connectivity index (χ2n) is 7.24. The first-order valence-electron chi connectivity index (χ1n) is 10.3. The Labute approximate surface area is 188 Å². The molecule has 0 spiro atoms. The van der Waals surface area contributed by atoms with Crippen LogP contribution in [0, 0.1) is 0 Å². The first kappa shape index (κ1) is 23.4. The average Bonchev–Trinajstić information content (AvgIpc) is 3.07. The zero-order valence-electron chi connectivity index (χ0n) is 17.5. The number of ether oxygens (including phenoxy) is 2. The predicted molar refractivity (Wildman–Crippen MR) is 120 cm³/mol. The lowest BCUT2D eigenvalue weighted by Gasteiger charge is -2.21. The minimum absolute atomic E-state index is 0.0157.